The van der Waals surface area contributed by atoms with E-state index >= 15 is 0 Å². The molecule has 4 rings (SSSR count). The molecule has 1 amide bonds. The quantitative estimate of drug-likeness (QED) is 0.564. The molecule has 1 aromatic carbocycles. The van der Waals surface area contributed by atoms with Crippen LogP contribution in [0.3, 0.4) is 0 Å². The molecule has 7 heteroatoms. The summed E-state index contributed by atoms with van der Waals surface area (Å²) in [6, 6.07) is 9.92. The largest absolute Gasteiger partial charge is 0.497 e. The van der Waals surface area contributed by atoms with Gasteiger partial charge in [-0.3, -0.25) is 4.79 Å². The number of hydrogen-bond donors (Lipinski definition) is 0. The molecule has 0 radical (unpaired) electrons. The topological polar surface area (TPSA) is 43.7 Å². The van der Waals surface area contributed by atoms with Gasteiger partial charge in [0.15, 0.2) is 0 Å². The summed E-state index contributed by atoms with van der Waals surface area (Å²) in [5.41, 5.74) is 2.84. The molecular weight excluding hydrogens is 428 g/mol. The Bertz CT molecular complexity index is 966. The molecule has 2 aromatic heterocycles. The highest BCUT2D eigenvalue weighted by molar-refractivity contribution is 9.11. The number of aromatic nitrogens is 1. The van der Waals surface area contributed by atoms with Crippen LogP contribution >= 0.6 is 27.3 Å². The van der Waals surface area contributed by atoms with Crippen molar-refractivity contribution < 1.29 is 14.3 Å². The van der Waals surface area contributed by atoms with Crippen LogP contribution in [0.2, 0.25) is 0 Å². The highest BCUT2D eigenvalue weighted by atomic mass is 79.9. The van der Waals surface area contributed by atoms with Crippen molar-refractivity contribution in [2.45, 2.75) is 19.4 Å². The number of rotatable bonds is 5. The van der Waals surface area contributed by atoms with Crippen LogP contribution in [-0.2, 0) is 6.54 Å². The van der Waals surface area contributed by atoms with E-state index in [1.807, 2.05) is 29.2 Å². The number of benzene rings is 1. The summed E-state index contributed by atoms with van der Waals surface area (Å²) >= 11 is 5.22. The summed E-state index contributed by atoms with van der Waals surface area (Å²) in [5, 5.41) is 0. The van der Waals surface area contributed by atoms with Crippen LogP contribution < -0.4 is 9.47 Å². The van der Waals surface area contributed by atoms with E-state index in [1.165, 1.54) is 0 Å². The minimum Gasteiger partial charge on any atom is -0.497 e. The summed E-state index contributed by atoms with van der Waals surface area (Å²) < 4.78 is 15.1. The van der Waals surface area contributed by atoms with E-state index in [0.29, 0.717) is 6.54 Å². The molecule has 0 saturated carbocycles. The zero-order valence-corrected chi connectivity index (χ0v) is 17.7. The molecule has 3 aromatic rings. The van der Waals surface area contributed by atoms with Gasteiger partial charge in [0.1, 0.15) is 17.2 Å². The van der Waals surface area contributed by atoms with Crippen molar-refractivity contribution in [1.29, 1.82) is 0 Å². The highest BCUT2D eigenvalue weighted by Gasteiger charge is 2.24. The van der Waals surface area contributed by atoms with E-state index in [0.717, 1.165) is 62.7 Å². The fourth-order valence-electron chi connectivity index (χ4n) is 3.58. The summed E-state index contributed by atoms with van der Waals surface area (Å²) in [6.45, 7) is 2.26. The maximum absolute atomic E-state index is 13.1. The number of carbonyl (C=O) groups is 1. The lowest BCUT2D eigenvalue weighted by Crippen LogP contribution is -2.29. The zero-order valence-electron chi connectivity index (χ0n) is 15.3. The molecule has 3 heterocycles. The first-order chi connectivity index (χ1) is 13.1. The molecule has 1 aliphatic heterocycles. The third kappa shape index (κ3) is 3.58. The smallest absolute Gasteiger partial charge is 0.270 e. The summed E-state index contributed by atoms with van der Waals surface area (Å²) in [7, 11) is 3.29. The van der Waals surface area contributed by atoms with E-state index in [-0.39, 0.29) is 5.91 Å². The highest BCUT2D eigenvalue weighted by Crippen LogP contribution is 2.34. The molecule has 0 unspecified atom stereocenters. The third-order valence-corrected chi connectivity index (χ3v) is 6.50. The van der Waals surface area contributed by atoms with Crippen LogP contribution in [-0.4, -0.2) is 42.7 Å². The Kier molecular flexibility index (Phi) is 5.14. The van der Waals surface area contributed by atoms with E-state index in [4.69, 9.17) is 9.47 Å². The molecule has 1 saturated heterocycles. The summed E-state index contributed by atoms with van der Waals surface area (Å²) in [6.07, 6.45) is 2.17. The number of methoxy groups -OCH3 is 2. The second-order valence-electron chi connectivity index (χ2n) is 6.64. The lowest BCUT2D eigenvalue weighted by Gasteiger charge is -2.18. The first-order valence-corrected chi connectivity index (χ1v) is 10.5. The number of likely N-dealkylation sites (tertiary alicyclic amines) is 1. The molecule has 0 N–H and O–H groups in total. The SMILES string of the molecule is COc1cc(Cn2c(C(=O)N3CCCC3)cc3sc(Br)cc32)cc(OC)c1. The molecule has 0 spiro atoms. The van der Waals surface area contributed by atoms with Gasteiger partial charge in [-0.25, -0.2) is 0 Å². The van der Waals surface area contributed by atoms with Crippen LogP contribution in [0, 0.1) is 0 Å². The van der Waals surface area contributed by atoms with Gasteiger partial charge >= 0.3 is 0 Å². The number of thiophene rings is 1. The Balaban J connectivity index is 1.77. The van der Waals surface area contributed by atoms with E-state index in [9.17, 15) is 4.79 Å². The van der Waals surface area contributed by atoms with Crippen molar-refractivity contribution in [3.05, 3.63) is 45.4 Å². The molecular formula is C20H21BrN2O3S. The van der Waals surface area contributed by atoms with Crippen LogP contribution in [0.15, 0.2) is 34.1 Å². The first kappa shape index (κ1) is 18.4. The lowest BCUT2D eigenvalue weighted by molar-refractivity contribution is 0.0783. The van der Waals surface area contributed by atoms with Gasteiger partial charge < -0.3 is 18.9 Å². The average molecular weight is 449 g/mol. The van der Waals surface area contributed by atoms with Crippen molar-refractivity contribution >= 4 is 43.4 Å². The number of halogens is 1. The number of hydrogen-bond acceptors (Lipinski definition) is 4. The normalized spacial score (nSPS) is 14.1. The standard InChI is InChI=1S/C20H21BrN2O3S/c1-25-14-7-13(8-15(9-14)26-2)12-23-16-11-19(21)27-18(16)10-17(23)20(24)22-5-3-4-6-22/h7-11H,3-6,12H2,1-2H3. The average Bonchev–Trinajstić information content (AvgIpc) is 3.38. The van der Waals surface area contributed by atoms with Crippen molar-refractivity contribution in [2.75, 3.05) is 27.3 Å². The number of nitrogens with zero attached hydrogens (tertiary/aromatic N) is 2. The van der Waals surface area contributed by atoms with Gasteiger partial charge in [-0.1, -0.05) is 0 Å². The zero-order chi connectivity index (χ0) is 19.0. The maximum atomic E-state index is 13.1. The van der Waals surface area contributed by atoms with Gasteiger partial charge in [0, 0.05) is 25.7 Å². The minimum atomic E-state index is 0.113. The Morgan fingerprint density at radius 2 is 1.74 bits per heavy atom. The Morgan fingerprint density at radius 1 is 1.07 bits per heavy atom. The molecule has 1 fully saturated rings. The predicted octanol–water partition coefficient (Wildman–Crippen LogP) is 4.77. The van der Waals surface area contributed by atoms with Crippen molar-refractivity contribution in [1.82, 2.24) is 9.47 Å². The van der Waals surface area contributed by atoms with E-state index < -0.39 is 0 Å². The van der Waals surface area contributed by atoms with Gasteiger partial charge in [0.05, 0.1) is 28.2 Å². The number of fused-ring (bicyclic) bond motifs is 1. The lowest BCUT2D eigenvalue weighted by atomic mass is 10.2. The molecule has 142 valence electrons. The molecule has 0 aliphatic carbocycles. The fourth-order valence-corrected chi connectivity index (χ4v) is 5.15. The van der Waals surface area contributed by atoms with E-state index in [1.54, 1.807) is 25.6 Å². The number of amides is 1. The van der Waals surface area contributed by atoms with Crippen molar-refractivity contribution in [3.63, 3.8) is 0 Å². The number of ether oxygens (including phenoxy) is 2. The van der Waals surface area contributed by atoms with Crippen LogP contribution in [0.4, 0.5) is 0 Å². The van der Waals surface area contributed by atoms with Gasteiger partial charge in [0.25, 0.3) is 5.91 Å². The minimum absolute atomic E-state index is 0.113. The maximum Gasteiger partial charge on any atom is 0.270 e. The van der Waals surface area contributed by atoms with Crippen LogP contribution in [0.25, 0.3) is 10.2 Å². The summed E-state index contributed by atoms with van der Waals surface area (Å²) in [5.74, 6) is 1.60. The number of carbonyl (C=O) groups excluding carboxylic acids is 1. The van der Waals surface area contributed by atoms with Gasteiger partial charge in [0.2, 0.25) is 0 Å². The predicted molar refractivity (Wildman–Crippen MR) is 111 cm³/mol. The molecule has 0 atom stereocenters. The van der Waals surface area contributed by atoms with Gasteiger partial charge in [-0.05, 0) is 58.6 Å². The monoisotopic (exact) mass is 448 g/mol. The molecule has 1 aliphatic rings. The van der Waals surface area contributed by atoms with Crippen molar-refractivity contribution in [2.24, 2.45) is 0 Å². The second-order valence-corrected chi connectivity index (χ2v) is 9.10. The second kappa shape index (κ2) is 7.56. The van der Waals surface area contributed by atoms with Gasteiger partial charge in [-0.2, -0.15) is 0 Å². The summed E-state index contributed by atoms with van der Waals surface area (Å²) in [4.78, 5) is 15.1. The van der Waals surface area contributed by atoms with Crippen LogP contribution in [0.1, 0.15) is 28.9 Å². The Hall–Kier alpha value is -1.99. The first-order valence-electron chi connectivity index (χ1n) is 8.89. The van der Waals surface area contributed by atoms with Crippen molar-refractivity contribution in [3.8, 4) is 11.5 Å². The molecule has 27 heavy (non-hydrogen) atoms. The van der Waals surface area contributed by atoms with Crippen LogP contribution in [0.5, 0.6) is 11.5 Å². The fraction of sp³-hybridized carbons (Fsp3) is 0.350. The molecule has 5 nitrogen and oxygen atoms in total. The van der Waals surface area contributed by atoms with Gasteiger partial charge in [-0.15, -0.1) is 11.3 Å². The third-order valence-electron chi connectivity index (χ3n) is 4.92. The Morgan fingerprint density at radius 3 is 2.37 bits per heavy atom. The Labute approximate surface area is 170 Å². The molecule has 0 bridgehead atoms. The van der Waals surface area contributed by atoms with E-state index in [2.05, 4.69) is 26.6 Å².